The van der Waals surface area contributed by atoms with Gasteiger partial charge in [0, 0.05) is 24.3 Å². The van der Waals surface area contributed by atoms with Crippen molar-refractivity contribution >= 4 is 0 Å². The third kappa shape index (κ3) is 2.98. The van der Waals surface area contributed by atoms with Crippen LogP contribution in [0.3, 0.4) is 0 Å². The topological polar surface area (TPSA) is 58.5 Å². The van der Waals surface area contributed by atoms with Gasteiger partial charge in [0.2, 0.25) is 0 Å². The number of hydrogen-bond acceptors (Lipinski definition) is 3. The second kappa shape index (κ2) is 4.57. The molecular formula is C13H21N5. The first kappa shape index (κ1) is 12.8. The lowest BCUT2D eigenvalue weighted by Gasteiger charge is -2.19. The van der Waals surface area contributed by atoms with Crippen molar-refractivity contribution < 1.29 is 0 Å². The van der Waals surface area contributed by atoms with Crippen LogP contribution in [0.2, 0.25) is 0 Å². The van der Waals surface area contributed by atoms with Gasteiger partial charge in [-0.15, -0.1) is 0 Å². The summed E-state index contributed by atoms with van der Waals surface area (Å²) in [4.78, 5) is 7.72. The zero-order valence-electron chi connectivity index (χ0n) is 11.7. The number of imidazole rings is 1. The quantitative estimate of drug-likeness (QED) is 0.872. The molecule has 0 aliphatic heterocycles. The second-order valence-corrected chi connectivity index (χ2v) is 5.65. The molecule has 0 aliphatic carbocycles. The van der Waals surface area contributed by atoms with E-state index in [0.29, 0.717) is 0 Å². The molecule has 0 bridgehead atoms. The summed E-state index contributed by atoms with van der Waals surface area (Å²) in [7, 11) is 1.93. The van der Waals surface area contributed by atoms with Crippen LogP contribution in [0.1, 0.15) is 32.3 Å². The van der Waals surface area contributed by atoms with Crippen LogP contribution >= 0.6 is 0 Å². The largest absolute Gasteiger partial charge is 0.341 e. The first-order valence-corrected chi connectivity index (χ1v) is 6.15. The van der Waals surface area contributed by atoms with E-state index in [1.54, 1.807) is 0 Å². The molecule has 0 spiro atoms. The Hall–Kier alpha value is -1.62. The number of nitrogens with zero attached hydrogens (tertiary/aromatic N) is 3. The fourth-order valence-electron chi connectivity index (χ4n) is 1.80. The van der Waals surface area contributed by atoms with Crippen LogP contribution in [0.4, 0.5) is 0 Å². The van der Waals surface area contributed by atoms with Gasteiger partial charge in [-0.05, 0) is 27.7 Å². The molecule has 5 heteroatoms. The predicted molar refractivity (Wildman–Crippen MR) is 72.1 cm³/mol. The lowest BCUT2D eigenvalue weighted by Crippen LogP contribution is -2.35. The van der Waals surface area contributed by atoms with E-state index in [0.717, 1.165) is 29.3 Å². The number of aromatic nitrogens is 4. The van der Waals surface area contributed by atoms with Crippen molar-refractivity contribution in [1.82, 2.24) is 25.1 Å². The molecule has 0 radical (unpaired) electrons. The number of H-pyrrole nitrogens is 1. The fourth-order valence-corrected chi connectivity index (χ4v) is 1.80. The van der Waals surface area contributed by atoms with E-state index in [9.17, 15) is 0 Å². The van der Waals surface area contributed by atoms with Crippen LogP contribution in [-0.2, 0) is 13.6 Å². The molecule has 0 aliphatic rings. The highest BCUT2D eigenvalue weighted by Crippen LogP contribution is 2.20. The minimum Gasteiger partial charge on any atom is -0.341 e. The number of aromatic amines is 1. The normalized spacial score (nSPS) is 12.1. The predicted octanol–water partition coefficient (Wildman–Crippen LogP) is 2.01. The first-order chi connectivity index (χ1) is 8.35. The van der Waals surface area contributed by atoms with Gasteiger partial charge in [0.25, 0.3) is 0 Å². The number of nitrogens with one attached hydrogen (secondary N) is 2. The number of rotatable bonds is 3. The fraction of sp³-hybridized carbons (Fsp3) is 0.538. The van der Waals surface area contributed by atoms with E-state index in [4.69, 9.17) is 0 Å². The molecule has 0 saturated heterocycles. The van der Waals surface area contributed by atoms with Crippen LogP contribution in [0, 0.1) is 6.92 Å². The van der Waals surface area contributed by atoms with Crippen molar-refractivity contribution in [3.63, 3.8) is 0 Å². The molecule has 5 nitrogen and oxygen atoms in total. The maximum absolute atomic E-state index is 4.39. The number of hydrogen-bond donors (Lipinski definition) is 2. The van der Waals surface area contributed by atoms with E-state index >= 15 is 0 Å². The maximum Gasteiger partial charge on any atom is 0.120 e. The van der Waals surface area contributed by atoms with Crippen LogP contribution < -0.4 is 5.32 Å². The highest BCUT2D eigenvalue weighted by molar-refractivity contribution is 5.60. The van der Waals surface area contributed by atoms with Crippen molar-refractivity contribution in [2.45, 2.75) is 39.8 Å². The molecule has 0 saturated carbocycles. The summed E-state index contributed by atoms with van der Waals surface area (Å²) in [6, 6.07) is 0. The molecule has 0 atom stereocenters. The molecule has 0 unspecified atom stereocenters. The lowest BCUT2D eigenvalue weighted by molar-refractivity contribution is 0.418. The monoisotopic (exact) mass is 247 g/mol. The van der Waals surface area contributed by atoms with Gasteiger partial charge in [-0.2, -0.15) is 5.10 Å². The van der Waals surface area contributed by atoms with Gasteiger partial charge in [-0.25, -0.2) is 4.98 Å². The van der Waals surface area contributed by atoms with Gasteiger partial charge < -0.3 is 10.3 Å². The van der Waals surface area contributed by atoms with Crippen molar-refractivity contribution in [3.8, 4) is 11.3 Å². The molecule has 2 heterocycles. The molecule has 18 heavy (non-hydrogen) atoms. The first-order valence-electron chi connectivity index (χ1n) is 6.15. The van der Waals surface area contributed by atoms with Gasteiger partial charge in [0.05, 0.1) is 24.1 Å². The van der Waals surface area contributed by atoms with Gasteiger partial charge in [0.15, 0.2) is 0 Å². The van der Waals surface area contributed by atoms with E-state index in [1.165, 1.54) is 0 Å². The third-order valence-corrected chi connectivity index (χ3v) is 2.72. The summed E-state index contributed by atoms with van der Waals surface area (Å²) < 4.78 is 1.82. The summed E-state index contributed by atoms with van der Waals surface area (Å²) in [6.07, 6.45) is 3.87. The molecule has 2 aromatic heterocycles. The summed E-state index contributed by atoms with van der Waals surface area (Å²) in [5, 5.41) is 7.74. The van der Waals surface area contributed by atoms with E-state index < -0.39 is 0 Å². The Bertz CT molecular complexity index is 530. The van der Waals surface area contributed by atoms with E-state index in [-0.39, 0.29) is 5.54 Å². The smallest absolute Gasteiger partial charge is 0.120 e. The summed E-state index contributed by atoms with van der Waals surface area (Å²) in [5.41, 5.74) is 3.23. The third-order valence-electron chi connectivity index (χ3n) is 2.72. The standard InChI is InChI=1S/C13H21N5/c1-9-10(8-18(5)17-9)11-6-14-12(16-11)7-15-13(2,3)4/h6,8,15H,7H2,1-5H3,(H,14,16). The van der Waals surface area contributed by atoms with Crippen LogP contribution in [0.25, 0.3) is 11.3 Å². The molecular weight excluding hydrogens is 226 g/mol. The Morgan fingerprint density at radius 2 is 2.11 bits per heavy atom. The van der Waals surface area contributed by atoms with Crippen LogP contribution in [-0.4, -0.2) is 25.3 Å². The van der Waals surface area contributed by atoms with Crippen molar-refractivity contribution in [2.24, 2.45) is 7.05 Å². The SMILES string of the molecule is Cc1nn(C)cc1-c1cnc(CNC(C)(C)C)[nH]1. The molecule has 2 N–H and O–H groups in total. The Morgan fingerprint density at radius 3 is 2.67 bits per heavy atom. The molecule has 98 valence electrons. The van der Waals surface area contributed by atoms with E-state index in [2.05, 4.69) is 41.2 Å². The second-order valence-electron chi connectivity index (χ2n) is 5.65. The average Bonchev–Trinajstić information content (AvgIpc) is 2.81. The van der Waals surface area contributed by atoms with Gasteiger partial charge in [0.1, 0.15) is 5.82 Å². The van der Waals surface area contributed by atoms with Crippen molar-refractivity contribution in [1.29, 1.82) is 0 Å². The zero-order valence-corrected chi connectivity index (χ0v) is 11.7. The minimum absolute atomic E-state index is 0.0944. The summed E-state index contributed by atoms with van der Waals surface area (Å²) in [6.45, 7) is 9.17. The van der Waals surface area contributed by atoms with Gasteiger partial charge >= 0.3 is 0 Å². The molecule has 2 aromatic rings. The Balaban J connectivity index is 2.13. The highest BCUT2D eigenvalue weighted by atomic mass is 15.2. The van der Waals surface area contributed by atoms with Crippen molar-refractivity contribution in [3.05, 3.63) is 23.9 Å². The van der Waals surface area contributed by atoms with Crippen molar-refractivity contribution in [2.75, 3.05) is 0 Å². The molecule has 0 amide bonds. The molecule has 2 rings (SSSR count). The summed E-state index contributed by atoms with van der Waals surface area (Å²) in [5.74, 6) is 0.947. The molecule has 0 fully saturated rings. The summed E-state index contributed by atoms with van der Waals surface area (Å²) >= 11 is 0. The van der Waals surface area contributed by atoms with E-state index in [1.807, 2.05) is 31.0 Å². The average molecular weight is 247 g/mol. The Labute approximate surface area is 108 Å². The maximum atomic E-state index is 4.39. The lowest BCUT2D eigenvalue weighted by atomic mass is 10.1. The minimum atomic E-state index is 0.0944. The van der Waals surface area contributed by atoms with Crippen LogP contribution in [0.15, 0.2) is 12.4 Å². The van der Waals surface area contributed by atoms with Gasteiger partial charge in [-0.3, -0.25) is 4.68 Å². The Morgan fingerprint density at radius 1 is 1.39 bits per heavy atom. The highest BCUT2D eigenvalue weighted by Gasteiger charge is 2.12. The Kier molecular flexibility index (Phi) is 3.26. The zero-order chi connectivity index (χ0) is 13.3. The van der Waals surface area contributed by atoms with Crippen LogP contribution in [0.5, 0.6) is 0 Å². The number of aryl methyl sites for hydroxylation is 2. The molecule has 0 aromatic carbocycles. The van der Waals surface area contributed by atoms with Gasteiger partial charge in [-0.1, -0.05) is 0 Å².